The third-order valence-electron chi connectivity index (χ3n) is 3.05. The molecular weight excluding hydrogens is 280 g/mol. The van der Waals surface area contributed by atoms with Crippen molar-refractivity contribution in [2.75, 3.05) is 19.0 Å². The molecule has 0 radical (unpaired) electrons. The van der Waals surface area contributed by atoms with Crippen LogP contribution in [0.2, 0.25) is 0 Å². The van der Waals surface area contributed by atoms with Gasteiger partial charge in [-0.05, 0) is 31.2 Å². The number of hydrogen-bond acceptors (Lipinski definition) is 3. The van der Waals surface area contributed by atoms with E-state index in [9.17, 15) is 9.59 Å². The van der Waals surface area contributed by atoms with E-state index in [2.05, 4.69) is 10.6 Å². The molecular formula is C17H18N2O3. The standard InChI is InChI=1S/C17H18N2O3/c1-12-6-8-13(9-7-12)17(21)19-14-4-3-5-15(10-14)22-11-16(20)18-2/h3-10H,11H2,1-2H3,(H,18,20)(H,19,21). The Bertz CT molecular complexity index is 666. The van der Waals surface area contributed by atoms with Gasteiger partial charge in [-0.1, -0.05) is 23.8 Å². The highest BCUT2D eigenvalue weighted by atomic mass is 16.5. The number of benzene rings is 2. The second-order valence-corrected chi connectivity index (χ2v) is 4.81. The van der Waals surface area contributed by atoms with E-state index in [1.54, 1.807) is 43.4 Å². The van der Waals surface area contributed by atoms with Crippen LogP contribution in [-0.2, 0) is 4.79 Å². The van der Waals surface area contributed by atoms with Crippen LogP contribution in [0.25, 0.3) is 0 Å². The summed E-state index contributed by atoms with van der Waals surface area (Å²) in [6, 6.07) is 14.2. The average molecular weight is 298 g/mol. The van der Waals surface area contributed by atoms with E-state index in [-0.39, 0.29) is 18.4 Å². The lowest BCUT2D eigenvalue weighted by Crippen LogP contribution is -2.24. The van der Waals surface area contributed by atoms with Gasteiger partial charge >= 0.3 is 0 Å². The van der Waals surface area contributed by atoms with Gasteiger partial charge in [0.25, 0.3) is 11.8 Å². The van der Waals surface area contributed by atoms with Crippen molar-refractivity contribution in [1.29, 1.82) is 0 Å². The first kappa shape index (κ1) is 15.6. The fraction of sp³-hybridized carbons (Fsp3) is 0.176. The van der Waals surface area contributed by atoms with Gasteiger partial charge in [0.1, 0.15) is 5.75 Å². The van der Waals surface area contributed by atoms with Crippen molar-refractivity contribution >= 4 is 17.5 Å². The molecule has 2 rings (SSSR count). The molecule has 5 nitrogen and oxygen atoms in total. The SMILES string of the molecule is CNC(=O)COc1cccc(NC(=O)c2ccc(C)cc2)c1. The average Bonchev–Trinajstić information content (AvgIpc) is 2.53. The number of aryl methyl sites for hydroxylation is 1. The van der Waals surface area contributed by atoms with E-state index < -0.39 is 0 Å². The molecule has 2 amide bonds. The van der Waals surface area contributed by atoms with Crippen LogP contribution in [0.1, 0.15) is 15.9 Å². The van der Waals surface area contributed by atoms with Crippen LogP contribution in [0.3, 0.4) is 0 Å². The first-order valence-electron chi connectivity index (χ1n) is 6.90. The number of anilines is 1. The van der Waals surface area contributed by atoms with E-state index in [0.29, 0.717) is 17.0 Å². The topological polar surface area (TPSA) is 67.4 Å². The van der Waals surface area contributed by atoms with E-state index in [1.165, 1.54) is 0 Å². The number of rotatable bonds is 5. The highest BCUT2D eigenvalue weighted by Crippen LogP contribution is 2.18. The summed E-state index contributed by atoms with van der Waals surface area (Å²) in [7, 11) is 1.55. The Labute approximate surface area is 129 Å². The number of carbonyl (C=O) groups excluding carboxylic acids is 2. The molecule has 0 saturated heterocycles. The van der Waals surface area contributed by atoms with E-state index in [1.807, 2.05) is 19.1 Å². The summed E-state index contributed by atoms with van der Waals surface area (Å²) >= 11 is 0. The third-order valence-corrected chi connectivity index (χ3v) is 3.05. The monoisotopic (exact) mass is 298 g/mol. The summed E-state index contributed by atoms with van der Waals surface area (Å²) in [4.78, 5) is 23.3. The van der Waals surface area contributed by atoms with Gasteiger partial charge in [0.05, 0.1) is 0 Å². The molecule has 2 aromatic carbocycles. The Morgan fingerprint density at radius 1 is 1.09 bits per heavy atom. The van der Waals surface area contributed by atoms with Crippen LogP contribution in [0.15, 0.2) is 48.5 Å². The minimum absolute atomic E-state index is 0.0636. The Balaban J connectivity index is 2.02. The number of ether oxygens (including phenoxy) is 1. The molecule has 0 unspecified atom stereocenters. The van der Waals surface area contributed by atoms with Crippen molar-refractivity contribution in [3.8, 4) is 5.75 Å². The summed E-state index contributed by atoms with van der Waals surface area (Å²) in [6.07, 6.45) is 0. The fourth-order valence-corrected chi connectivity index (χ4v) is 1.79. The Morgan fingerprint density at radius 2 is 1.82 bits per heavy atom. The van der Waals surface area contributed by atoms with Gasteiger partial charge in [0.2, 0.25) is 0 Å². The van der Waals surface area contributed by atoms with Crippen molar-refractivity contribution in [2.45, 2.75) is 6.92 Å². The van der Waals surface area contributed by atoms with Crippen molar-refractivity contribution in [3.63, 3.8) is 0 Å². The lowest BCUT2D eigenvalue weighted by Gasteiger charge is -2.09. The maximum Gasteiger partial charge on any atom is 0.257 e. The largest absolute Gasteiger partial charge is 0.484 e. The van der Waals surface area contributed by atoms with Gasteiger partial charge < -0.3 is 15.4 Å². The maximum atomic E-state index is 12.1. The molecule has 0 aliphatic carbocycles. The summed E-state index contributed by atoms with van der Waals surface area (Å²) in [5, 5.41) is 5.27. The summed E-state index contributed by atoms with van der Waals surface area (Å²) in [6.45, 7) is 1.90. The number of carbonyl (C=O) groups is 2. The Kier molecular flexibility index (Phi) is 5.14. The van der Waals surface area contributed by atoms with Crippen molar-refractivity contribution in [1.82, 2.24) is 5.32 Å². The van der Waals surface area contributed by atoms with Gasteiger partial charge in [-0.3, -0.25) is 9.59 Å². The molecule has 5 heteroatoms. The minimum Gasteiger partial charge on any atom is -0.484 e. The van der Waals surface area contributed by atoms with Crippen LogP contribution in [0.5, 0.6) is 5.75 Å². The summed E-state index contributed by atoms with van der Waals surface area (Å²) in [5.74, 6) is 0.114. The molecule has 0 fully saturated rings. The second kappa shape index (κ2) is 7.26. The molecule has 0 saturated carbocycles. The van der Waals surface area contributed by atoms with Crippen LogP contribution >= 0.6 is 0 Å². The fourth-order valence-electron chi connectivity index (χ4n) is 1.79. The predicted molar refractivity (Wildman–Crippen MR) is 85.1 cm³/mol. The van der Waals surface area contributed by atoms with Crippen molar-refractivity contribution in [2.24, 2.45) is 0 Å². The molecule has 0 spiro atoms. The molecule has 0 heterocycles. The summed E-state index contributed by atoms with van der Waals surface area (Å²) < 4.78 is 5.34. The molecule has 2 aromatic rings. The number of likely N-dealkylation sites (N-methyl/N-ethyl adjacent to an activating group) is 1. The van der Waals surface area contributed by atoms with Crippen LogP contribution in [0.4, 0.5) is 5.69 Å². The van der Waals surface area contributed by atoms with E-state index in [4.69, 9.17) is 4.74 Å². The molecule has 0 bridgehead atoms. The molecule has 0 atom stereocenters. The van der Waals surface area contributed by atoms with Gasteiger partial charge in [-0.25, -0.2) is 0 Å². The first-order chi connectivity index (χ1) is 10.6. The minimum atomic E-state index is -0.214. The summed E-state index contributed by atoms with van der Waals surface area (Å²) in [5.41, 5.74) is 2.29. The van der Waals surface area contributed by atoms with E-state index >= 15 is 0 Å². The first-order valence-corrected chi connectivity index (χ1v) is 6.90. The van der Waals surface area contributed by atoms with Crippen molar-refractivity contribution in [3.05, 3.63) is 59.7 Å². The lowest BCUT2D eigenvalue weighted by atomic mass is 10.1. The zero-order valence-electron chi connectivity index (χ0n) is 12.6. The highest BCUT2D eigenvalue weighted by molar-refractivity contribution is 6.04. The third kappa shape index (κ3) is 4.34. The van der Waals surface area contributed by atoms with Crippen LogP contribution < -0.4 is 15.4 Å². The molecule has 114 valence electrons. The normalized spacial score (nSPS) is 9.91. The van der Waals surface area contributed by atoms with Gasteiger partial charge in [0, 0.05) is 24.4 Å². The Hall–Kier alpha value is -2.82. The second-order valence-electron chi connectivity index (χ2n) is 4.81. The van der Waals surface area contributed by atoms with Gasteiger partial charge in [-0.2, -0.15) is 0 Å². The van der Waals surface area contributed by atoms with E-state index in [0.717, 1.165) is 5.56 Å². The number of amides is 2. The molecule has 22 heavy (non-hydrogen) atoms. The highest BCUT2D eigenvalue weighted by Gasteiger charge is 2.07. The van der Waals surface area contributed by atoms with Gasteiger partial charge in [-0.15, -0.1) is 0 Å². The maximum absolute atomic E-state index is 12.1. The predicted octanol–water partition coefficient (Wildman–Crippen LogP) is 2.37. The zero-order chi connectivity index (χ0) is 15.9. The zero-order valence-corrected chi connectivity index (χ0v) is 12.6. The molecule has 2 N–H and O–H groups in total. The lowest BCUT2D eigenvalue weighted by molar-refractivity contribution is -0.122. The quantitative estimate of drug-likeness (QED) is 0.890. The smallest absolute Gasteiger partial charge is 0.257 e. The number of nitrogens with one attached hydrogen (secondary N) is 2. The van der Waals surface area contributed by atoms with Crippen LogP contribution in [0, 0.1) is 6.92 Å². The molecule has 0 aromatic heterocycles. The molecule has 0 aliphatic heterocycles. The molecule has 0 aliphatic rings. The Morgan fingerprint density at radius 3 is 2.50 bits per heavy atom. The van der Waals surface area contributed by atoms with Gasteiger partial charge in [0.15, 0.2) is 6.61 Å². The van der Waals surface area contributed by atoms with Crippen molar-refractivity contribution < 1.29 is 14.3 Å². The van der Waals surface area contributed by atoms with Crippen LogP contribution in [-0.4, -0.2) is 25.5 Å². The number of hydrogen-bond donors (Lipinski definition) is 2.